The Kier molecular flexibility index (Phi) is 4.86. The van der Waals surface area contributed by atoms with E-state index in [2.05, 4.69) is 4.18 Å². The highest BCUT2D eigenvalue weighted by atomic mass is 32.2. The van der Waals surface area contributed by atoms with Gasteiger partial charge in [-0.05, 0) is 49.1 Å². The highest BCUT2D eigenvalue weighted by molar-refractivity contribution is 7.88. The molecular weight excluding hydrogens is 293 g/mol. The molecule has 0 spiro atoms. The smallest absolute Gasteiger partial charge is 0.376 e. The predicted octanol–water partition coefficient (Wildman–Crippen LogP) is 4.04. The molecule has 20 heavy (non-hydrogen) atoms. The van der Waals surface area contributed by atoms with E-state index in [9.17, 15) is 21.6 Å². The maximum atomic E-state index is 12.2. The van der Waals surface area contributed by atoms with Crippen LogP contribution in [0.25, 0.3) is 5.57 Å². The van der Waals surface area contributed by atoms with Crippen LogP contribution in [0.1, 0.15) is 31.4 Å². The zero-order chi connectivity index (χ0) is 15.6. The van der Waals surface area contributed by atoms with Crippen molar-refractivity contribution < 1.29 is 25.8 Å². The van der Waals surface area contributed by atoms with Crippen LogP contribution in [0, 0.1) is 6.92 Å². The second-order valence-electron chi connectivity index (χ2n) is 4.13. The van der Waals surface area contributed by atoms with Crippen LogP contribution in [0.2, 0.25) is 0 Å². The molecule has 3 nitrogen and oxygen atoms in total. The van der Waals surface area contributed by atoms with Gasteiger partial charge in [0.25, 0.3) is 0 Å². The summed E-state index contributed by atoms with van der Waals surface area (Å²) < 4.78 is 62.8. The van der Waals surface area contributed by atoms with E-state index < -0.39 is 15.6 Å². The fraction of sp³-hybridized carbons (Fsp3) is 0.385. The number of hydrogen-bond donors (Lipinski definition) is 0. The van der Waals surface area contributed by atoms with Crippen molar-refractivity contribution in [3.8, 4) is 5.75 Å². The van der Waals surface area contributed by atoms with Gasteiger partial charge in [-0.3, -0.25) is 0 Å². The minimum absolute atomic E-state index is 0.322. The molecular formula is C13H15F3O3S. The van der Waals surface area contributed by atoms with Crippen LogP contribution in [0.4, 0.5) is 13.2 Å². The molecule has 0 heterocycles. The highest BCUT2D eigenvalue weighted by Crippen LogP contribution is 2.30. The summed E-state index contributed by atoms with van der Waals surface area (Å²) in [6, 6.07) is 4.36. The van der Waals surface area contributed by atoms with E-state index in [0.717, 1.165) is 17.6 Å². The van der Waals surface area contributed by atoms with E-state index >= 15 is 0 Å². The molecule has 1 rings (SSSR count). The van der Waals surface area contributed by atoms with E-state index in [-0.39, 0.29) is 5.75 Å². The lowest BCUT2D eigenvalue weighted by molar-refractivity contribution is -0.0500. The first-order chi connectivity index (χ1) is 9.12. The highest BCUT2D eigenvalue weighted by Gasteiger charge is 2.48. The van der Waals surface area contributed by atoms with Gasteiger partial charge in [-0.25, -0.2) is 0 Å². The summed E-state index contributed by atoms with van der Waals surface area (Å²) in [7, 11) is -5.63. The summed E-state index contributed by atoms with van der Waals surface area (Å²) in [5, 5.41) is 0. The molecule has 0 atom stereocenters. The molecule has 0 aliphatic rings. The third-order valence-electron chi connectivity index (χ3n) is 2.76. The Hall–Kier alpha value is -1.50. The molecule has 0 amide bonds. The zero-order valence-electron chi connectivity index (χ0n) is 11.3. The monoisotopic (exact) mass is 308 g/mol. The van der Waals surface area contributed by atoms with Gasteiger partial charge < -0.3 is 4.18 Å². The van der Waals surface area contributed by atoms with E-state index in [4.69, 9.17) is 0 Å². The van der Waals surface area contributed by atoms with Crippen molar-refractivity contribution in [3.05, 3.63) is 35.4 Å². The van der Waals surface area contributed by atoms with Gasteiger partial charge in [-0.1, -0.05) is 19.1 Å². The number of allylic oxidation sites excluding steroid dienone is 2. The van der Waals surface area contributed by atoms with Crippen molar-refractivity contribution in [1.82, 2.24) is 0 Å². The molecule has 0 aromatic heterocycles. The largest absolute Gasteiger partial charge is 0.534 e. The second-order valence-corrected chi connectivity index (χ2v) is 5.67. The Morgan fingerprint density at radius 1 is 1.35 bits per heavy atom. The molecule has 1 aromatic rings. The molecule has 112 valence electrons. The van der Waals surface area contributed by atoms with Crippen molar-refractivity contribution >= 4 is 15.7 Å². The van der Waals surface area contributed by atoms with Crippen LogP contribution in [-0.2, 0) is 10.1 Å². The molecule has 0 aliphatic carbocycles. The number of aryl methyl sites for hydroxylation is 1. The number of rotatable bonds is 4. The maximum absolute atomic E-state index is 12.2. The van der Waals surface area contributed by atoms with Crippen LogP contribution in [0.3, 0.4) is 0 Å². The summed E-state index contributed by atoms with van der Waals surface area (Å²) in [4.78, 5) is 0. The van der Waals surface area contributed by atoms with E-state index in [1.165, 1.54) is 19.1 Å². The van der Waals surface area contributed by atoms with Gasteiger partial charge in [-0.15, -0.1) is 0 Å². The van der Waals surface area contributed by atoms with Crippen molar-refractivity contribution in [3.63, 3.8) is 0 Å². The first kappa shape index (κ1) is 16.6. The molecule has 0 aliphatic heterocycles. The van der Waals surface area contributed by atoms with Crippen LogP contribution < -0.4 is 4.18 Å². The summed E-state index contributed by atoms with van der Waals surface area (Å²) in [6.07, 6.45) is 2.65. The van der Waals surface area contributed by atoms with E-state index in [1.54, 1.807) is 6.07 Å². The third kappa shape index (κ3) is 3.53. The van der Waals surface area contributed by atoms with Crippen molar-refractivity contribution in [2.24, 2.45) is 0 Å². The Morgan fingerprint density at radius 2 is 1.95 bits per heavy atom. The zero-order valence-corrected chi connectivity index (χ0v) is 12.1. The molecule has 0 radical (unpaired) electrons. The van der Waals surface area contributed by atoms with Crippen LogP contribution in [-0.4, -0.2) is 13.9 Å². The topological polar surface area (TPSA) is 43.4 Å². The van der Waals surface area contributed by atoms with Crippen molar-refractivity contribution in [2.45, 2.75) is 32.7 Å². The standard InChI is InChI=1S/C13H15F3O3S/c1-4-10(5-2)11-6-7-12(9(3)8-11)19-20(17,18)13(14,15)16/h4,6-8H,5H2,1-3H3/b10-4-. The fourth-order valence-corrected chi connectivity index (χ4v) is 2.20. The van der Waals surface area contributed by atoms with Gasteiger partial charge in [0.15, 0.2) is 0 Å². The van der Waals surface area contributed by atoms with Gasteiger partial charge >= 0.3 is 15.6 Å². The molecule has 0 fully saturated rings. The first-order valence-electron chi connectivity index (χ1n) is 5.89. The van der Waals surface area contributed by atoms with Crippen molar-refractivity contribution in [2.75, 3.05) is 0 Å². The average Bonchev–Trinajstić information content (AvgIpc) is 2.32. The Morgan fingerprint density at radius 3 is 2.35 bits per heavy atom. The number of alkyl halides is 3. The quantitative estimate of drug-likeness (QED) is 0.623. The maximum Gasteiger partial charge on any atom is 0.534 e. The van der Waals surface area contributed by atoms with Gasteiger partial charge in [0.05, 0.1) is 0 Å². The summed E-state index contributed by atoms with van der Waals surface area (Å²) >= 11 is 0. The van der Waals surface area contributed by atoms with E-state index in [0.29, 0.717) is 5.56 Å². The molecule has 1 aromatic carbocycles. The van der Waals surface area contributed by atoms with Gasteiger partial charge in [0, 0.05) is 0 Å². The average molecular weight is 308 g/mol. The summed E-state index contributed by atoms with van der Waals surface area (Å²) in [5.41, 5.74) is -3.28. The SMILES string of the molecule is C/C=C(/CC)c1ccc(OS(=O)(=O)C(F)(F)F)c(C)c1. The van der Waals surface area contributed by atoms with Gasteiger partial charge in [0.2, 0.25) is 0 Å². The van der Waals surface area contributed by atoms with Crippen LogP contribution >= 0.6 is 0 Å². The van der Waals surface area contributed by atoms with Crippen LogP contribution in [0.5, 0.6) is 5.75 Å². The van der Waals surface area contributed by atoms with Crippen LogP contribution in [0.15, 0.2) is 24.3 Å². The molecule has 0 unspecified atom stereocenters. The summed E-state index contributed by atoms with van der Waals surface area (Å²) in [5.74, 6) is -0.322. The normalized spacial score (nSPS) is 13.4. The minimum Gasteiger partial charge on any atom is -0.376 e. The Balaban J connectivity index is 3.13. The lowest BCUT2D eigenvalue weighted by Gasteiger charge is -2.13. The first-order valence-corrected chi connectivity index (χ1v) is 7.30. The minimum atomic E-state index is -5.63. The number of halogens is 3. The number of hydrogen-bond acceptors (Lipinski definition) is 3. The number of benzene rings is 1. The van der Waals surface area contributed by atoms with Crippen molar-refractivity contribution in [1.29, 1.82) is 0 Å². The molecule has 0 N–H and O–H groups in total. The molecule has 0 saturated heterocycles. The lowest BCUT2D eigenvalue weighted by atomic mass is 10.0. The Labute approximate surface area is 116 Å². The molecule has 0 bridgehead atoms. The Bertz CT molecular complexity index is 616. The summed E-state index contributed by atoms with van der Waals surface area (Å²) in [6.45, 7) is 5.30. The molecule has 7 heteroatoms. The molecule has 0 saturated carbocycles. The predicted molar refractivity (Wildman–Crippen MR) is 70.7 cm³/mol. The third-order valence-corrected chi connectivity index (χ3v) is 3.72. The lowest BCUT2D eigenvalue weighted by Crippen LogP contribution is -2.28. The van der Waals surface area contributed by atoms with Gasteiger partial charge in [-0.2, -0.15) is 21.6 Å². The fourth-order valence-electron chi connectivity index (χ4n) is 1.68. The second kappa shape index (κ2) is 5.87. The van der Waals surface area contributed by atoms with E-state index in [1.807, 2.05) is 19.9 Å². The van der Waals surface area contributed by atoms with Gasteiger partial charge in [0.1, 0.15) is 5.75 Å².